The van der Waals surface area contributed by atoms with E-state index < -0.39 is 17.3 Å². The third kappa shape index (κ3) is 4.94. The molecule has 2 saturated heterocycles. The van der Waals surface area contributed by atoms with Gasteiger partial charge in [-0.25, -0.2) is 0 Å². The molecule has 6 nitrogen and oxygen atoms in total. The van der Waals surface area contributed by atoms with E-state index in [4.69, 9.17) is 10.00 Å². The number of piperidine rings is 1. The van der Waals surface area contributed by atoms with Crippen LogP contribution in [0, 0.1) is 22.7 Å². The second-order valence-electron chi connectivity index (χ2n) is 9.21. The molecule has 186 valence electrons. The van der Waals surface area contributed by atoms with Crippen molar-refractivity contribution in [2.24, 2.45) is 11.3 Å². The van der Waals surface area contributed by atoms with Gasteiger partial charge in [0.05, 0.1) is 23.8 Å². The molecular weight excluding hydrogens is 459 g/mol. The van der Waals surface area contributed by atoms with Crippen molar-refractivity contribution in [3.8, 4) is 11.8 Å². The lowest BCUT2D eigenvalue weighted by atomic mass is 9.71. The normalized spacial score (nSPS) is 19.6. The average molecular weight is 488 g/mol. The number of alkyl halides is 3. The lowest BCUT2D eigenvalue weighted by Crippen LogP contribution is -2.47. The van der Waals surface area contributed by atoms with Gasteiger partial charge in [0.15, 0.2) is 0 Å². The van der Waals surface area contributed by atoms with E-state index in [2.05, 4.69) is 0 Å². The molecule has 9 heteroatoms. The molecular formula is C26H28F3N3O3. The molecule has 2 aromatic carbocycles. The highest BCUT2D eigenvalue weighted by atomic mass is 19.4. The summed E-state index contributed by atoms with van der Waals surface area (Å²) in [7, 11) is 0. The smallest absolute Gasteiger partial charge is 0.417 e. The highest BCUT2D eigenvalue weighted by molar-refractivity contribution is 5.94. The maximum absolute atomic E-state index is 13.5. The molecule has 0 bridgehead atoms. The summed E-state index contributed by atoms with van der Waals surface area (Å²) in [5, 5.41) is 19.2. The van der Waals surface area contributed by atoms with Gasteiger partial charge in [-0.05, 0) is 67.6 Å². The third-order valence-electron chi connectivity index (χ3n) is 7.29. The lowest BCUT2D eigenvalue weighted by Gasteiger charge is -2.42. The number of nitrogens with zero attached hydrogens (tertiary/aromatic N) is 3. The Morgan fingerprint density at radius 1 is 1.20 bits per heavy atom. The molecule has 1 N–H and O–H groups in total. The summed E-state index contributed by atoms with van der Waals surface area (Å²) >= 11 is 0. The number of rotatable bonds is 5. The molecule has 2 aromatic rings. The first-order valence-electron chi connectivity index (χ1n) is 11.7. The average Bonchev–Trinajstić information content (AvgIpc) is 3.21. The van der Waals surface area contributed by atoms with Gasteiger partial charge in [0, 0.05) is 50.0 Å². The number of amides is 1. The molecule has 1 unspecified atom stereocenters. The number of aliphatic hydroxyl groups is 1. The highest BCUT2D eigenvalue weighted by Crippen LogP contribution is 2.46. The molecule has 0 radical (unpaired) electrons. The van der Waals surface area contributed by atoms with Crippen LogP contribution in [-0.4, -0.2) is 55.3 Å². The number of carbonyl (C=O) groups excluding carboxylic acids is 1. The van der Waals surface area contributed by atoms with Crippen molar-refractivity contribution in [3.05, 3.63) is 59.2 Å². The maximum Gasteiger partial charge on any atom is 0.417 e. The van der Waals surface area contributed by atoms with Crippen molar-refractivity contribution >= 4 is 11.6 Å². The largest absolute Gasteiger partial charge is 0.494 e. The van der Waals surface area contributed by atoms with E-state index in [1.54, 1.807) is 35.2 Å². The number of aliphatic hydroxyl groups excluding tert-OH is 1. The molecule has 2 fully saturated rings. The van der Waals surface area contributed by atoms with Crippen molar-refractivity contribution in [2.75, 3.05) is 44.3 Å². The van der Waals surface area contributed by atoms with Crippen LogP contribution in [0.3, 0.4) is 0 Å². The van der Waals surface area contributed by atoms with Gasteiger partial charge in [-0.1, -0.05) is 0 Å². The van der Waals surface area contributed by atoms with Crippen molar-refractivity contribution in [1.82, 2.24) is 4.90 Å². The van der Waals surface area contributed by atoms with Gasteiger partial charge in [-0.3, -0.25) is 4.79 Å². The summed E-state index contributed by atoms with van der Waals surface area (Å²) in [5.41, 5.74) is -0.686. The van der Waals surface area contributed by atoms with E-state index in [9.17, 15) is 23.1 Å². The van der Waals surface area contributed by atoms with Crippen LogP contribution < -0.4 is 9.64 Å². The fourth-order valence-corrected chi connectivity index (χ4v) is 5.31. The van der Waals surface area contributed by atoms with Gasteiger partial charge in [-0.15, -0.1) is 0 Å². The molecule has 4 rings (SSSR count). The minimum absolute atomic E-state index is 0.0692. The topological polar surface area (TPSA) is 76.8 Å². The number of halogens is 3. The van der Waals surface area contributed by atoms with Crippen LogP contribution in [0.5, 0.6) is 5.75 Å². The Balaban J connectivity index is 1.47. The van der Waals surface area contributed by atoms with Gasteiger partial charge >= 0.3 is 6.18 Å². The summed E-state index contributed by atoms with van der Waals surface area (Å²) < 4.78 is 45.8. The summed E-state index contributed by atoms with van der Waals surface area (Å²) in [6, 6.07) is 12.4. The third-order valence-corrected chi connectivity index (χ3v) is 7.29. The second-order valence-corrected chi connectivity index (χ2v) is 9.21. The zero-order chi connectivity index (χ0) is 25.2. The number of hydrogen-bond donors (Lipinski definition) is 1. The Morgan fingerprint density at radius 3 is 2.46 bits per heavy atom. The van der Waals surface area contributed by atoms with Crippen LogP contribution in [0.15, 0.2) is 42.5 Å². The van der Waals surface area contributed by atoms with Crippen molar-refractivity contribution in [3.63, 3.8) is 0 Å². The van der Waals surface area contributed by atoms with Gasteiger partial charge in [-0.2, -0.15) is 18.4 Å². The van der Waals surface area contributed by atoms with Gasteiger partial charge in [0.2, 0.25) is 0 Å². The van der Waals surface area contributed by atoms with Crippen molar-refractivity contribution in [2.45, 2.75) is 25.9 Å². The minimum atomic E-state index is -4.62. The predicted octanol–water partition coefficient (Wildman–Crippen LogP) is 4.33. The molecule has 0 saturated carbocycles. The van der Waals surface area contributed by atoms with Crippen LogP contribution in [0.1, 0.15) is 41.3 Å². The summed E-state index contributed by atoms with van der Waals surface area (Å²) in [5.74, 6) is 0.519. The molecule has 2 aliphatic heterocycles. The summed E-state index contributed by atoms with van der Waals surface area (Å²) in [4.78, 5) is 16.6. The Labute approximate surface area is 202 Å². The lowest BCUT2D eigenvalue weighted by molar-refractivity contribution is -0.137. The molecule has 0 aliphatic carbocycles. The number of nitriles is 1. The van der Waals surface area contributed by atoms with E-state index in [1.807, 2.05) is 11.8 Å². The molecule has 0 aromatic heterocycles. The first-order valence-corrected chi connectivity index (χ1v) is 11.7. The van der Waals surface area contributed by atoms with Gasteiger partial charge < -0.3 is 19.6 Å². The molecule has 35 heavy (non-hydrogen) atoms. The Hall–Kier alpha value is -3.25. The van der Waals surface area contributed by atoms with Crippen LogP contribution in [0.25, 0.3) is 0 Å². The van der Waals surface area contributed by atoms with Crippen molar-refractivity contribution in [1.29, 1.82) is 5.26 Å². The number of likely N-dealkylation sites (tertiary alicyclic amines) is 1. The number of ether oxygens (including phenoxy) is 1. The fraction of sp³-hybridized carbons (Fsp3) is 0.462. The molecule has 1 spiro atoms. The molecule has 2 aliphatic rings. The van der Waals surface area contributed by atoms with Crippen LogP contribution in [-0.2, 0) is 6.18 Å². The van der Waals surface area contributed by atoms with Gasteiger partial charge in [0.1, 0.15) is 5.75 Å². The minimum Gasteiger partial charge on any atom is -0.494 e. The van der Waals surface area contributed by atoms with Crippen LogP contribution in [0.4, 0.5) is 18.9 Å². The van der Waals surface area contributed by atoms with Gasteiger partial charge in [0.25, 0.3) is 5.91 Å². The first-order chi connectivity index (χ1) is 16.7. The fourth-order valence-electron chi connectivity index (χ4n) is 5.31. The number of carbonyl (C=O) groups is 1. The van der Waals surface area contributed by atoms with E-state index in [-0.39, 0.29) is 23.8 Å². The maximum atomic E-state index is 13.5. The number of hydrogen-bond acceptors (Lipinski definition) is 5. The van der Waals surface area contributed by atoms with E-state index >= 15 is 0 Å². The molecule has 1 atom stereocenters. The number of benzene rings is 2. The van der Waals surface area contributed by atoms with E-state index in [0.29, 0.717) is 62.6 Å². The van der Waals surface area contributed by atoms with E-state index in [1.165, 1.54) is 12.1 Å². The Kier molecular flexibility index (Phi) is 6.95. The Morgan fingerprint density at radius 2 is 1.89 bits per heavy atom. The number of anilines is 1. The quantitative estimate of drug-likeness (QED) is 0.680. The monoisotopic (exact) mass is 487 g/mol. The highest BCUT2D eigenvalue weighted by Gasteiger charge is 2.48. The first kappa shape index (κ1) is 24.9. The Bertz CT molecular complexity index is 1100. The summed E-state index contributed by atoms with van der Waals surface area (Å²) in [6.07, 6.45) is -3.32. The zero-order valence-electron chi connectivity index (χ0n) is 19.5. The summed E-state index contributed by atoms with van der Waals surface area (Å²) in [6.45, 7) is 4.30. The van der Waals surface area contributed by atoms with Crippen LogP contribution >= 0.6 is 0 Å². The molecule has 2 heterocycles. The van der Waals surface area contributed by atoms with E-state index in [0.717, 1.165) is 6.07 Å². The standard InChI is InChI=1S/C26H28F3N3O3/c1-2-35-22-7-4-18(5-8-22)24(34)31-11-9-25(10-12-31)17-32(15-20(25)16-33)21-6-3-19(14-30)23(13-21)26(27,28)29/h3-8,13,20,33H,2,9-12,15-17H2,1H3. The van der Waals surface area contributed by atoms with Crippen LogP contribution in [0.2, 0.25) is 0 Å². The second kappa shape index (κ2) is 9.78. The zero-order valence-corrected chi connectivity index (χ0v) is 19.5. The predicted molar refractivity (Wildman–Crippen MR) is 124 cm³/mol. The SMILES string of the molecule is CCOc1ccc(C(=O)N2CCC3(CC2)CN(c2ccc(C#N)c(C(F)(F)F)c2)CC3CO)cc1. The molecule has 1 amide bonds. The van der Waals surface area contributed by atoms with Crippen molar-refractivity contribution < 1.29 is 27.8 Å².